The number of thioether (sulfide) groups is 1. The third-order valence-electron chi connectivity index (χ3n) is 1.60. The van der Waals surface area contributed by atoms with Crippen LogP contribution in [0.4, 0.5) is 0 Å². The molecule has 0 aromatic carbocycles. The molecule has 0 saturated heterocycles. The maximum Gasteiger partial charge on any atom is 0.169 e. The predicted octanol–water partition coefficient (Wildman–Crippen LogP) is 2.57. The quantitative estimate of drug-likeness (QED) is 0.721. The smallest absolute Gasteiger partial charge is 0.169 e. The molecular weight excluding hydrogens is 202 g/mol. The second kappa shape index (κ2) is 4.58. The molecule has 0 spiro atoms. The van der Waals surface area contributed by atoms with Crippen molar-refractivity contribution in [2.24, 2.45) is 5.41 Å². The van der Waals surface area contributed by atoms with Gasteiger partial charge in [0.15, 0.2) is 4.34 Å². The Labute approximate surface area is 86.4 Å². The van der Waals surface area contributed by atoms with Crippen LogP contribution in [-0.4, -0.2) is 15.1 Å². The van der Waals surface area contributed by atoms with Crippen LogP contribution in [0.5, 0.6) is 0 Å². The van der Waals surface area contributed by atoms with Gasteiger partial charge in [0.25, 0.3) is 0 Å². The Morgan fingerprint density at radius 2 is 2.46 bits per heavy atom. The standard InChI is InChI=1S/C8H11N3S2/c1-8(2,5-9)3-4-12-7-10-6-11-13-7/h6H,3-4H2,1-2H3. The molecule has 0 amide bonds. The summed E-state index contributed by atoms with van der Waals surface area (Å²) in [6, 6.07) is 2.28. The average molecular weight is 213 g/mol. The lowest BCUT2D eigenvalue weighted by Crippen LogP contribution is -2.08. The van der Waals surface area contributed by atoms with E-state index in [2.05, 4.69) is 15.4 Å². The molecule has 3 nitrogen and oxygen atoms in total. The highest BCUT2D eigenvalue weighted by Gasteiger charge is 2.16. The third-order valence-corrected chi connectivity index (χ3v) is 3.40. The molecule has 0 unspecified atom stereocenters. The Morgan fingerprint density at radius 1 is 1.69 bits per heavy atom. The molecular formula is C8H11N3S2. The largest absolute Gasteiger partial charge is 0.216 e. The molecule has 0 radical (unpaired) electrons. The first-order valence-electron chi connectivity index (χ1n) is 3.95. The zero-order valence-electron chi connectivity index (χ0n) is 7.65. The van der Waals surface area contributed by atoms with E-state index in [0.29, 0.717) is 0 Å². The molecule has 0 aliphatic rings. The molecule has 0 aliphatic carbocycles. The topological polar surface area (TPSA) is 49.6 Å². The molecule has 1 aromatic heterocycles. The normalized spacial score (nSPS) is 11.2. The minimum atomic E-state index is -0.225. The molecule has 70 valence electrons. The summed E-state index contributed by atoms with van der Waals surface area (Å²) >= 11 is 3.06. The second-order valence-electron chi connectivity index (χ2n) is 3.30. The van der Waals surface area contributed by atoms with E-state index in [1.54, 1.807) is 18.1 Å². The van der Waals surface area contributed by atoms with Gasteiger partial charge in [0.1, 0.15) is 6.33 Å². The highest BCUT2D eigenvalue weighted by Crippen LogP contribution is 2.25. The zero-order chi connectivity index (χ0) is 9.73. The van der Waals surface area contributed by atoms with E-state index in [0.717, 1.165) is 16.5 Å². The van der Waals surface area contributed by atoms with Crippen LogP contribution in [-0.2, 0) is 0 Å². The molecule has 0 aliphatic heterocycles. The summed E-state index contributed by atoms with van der Waals surface area (Å²) < 4.78 is 4.88. The third kappa shape index (κ3) is 3.75. The second-order valence-corrected chi connectivity index (χ2v) is 5.42. The number of hydrogen-bond acceptors (Lipinski definition) is 5. The Bertz CT molecular complexity index is 287. The first-order valence-corrected chi connectivity index (χ1v) is 5.71. The van der Waals surface area contributed by atoms with Crippen LogP contribution in [0, 0.1) is 16.7 Å². The van der Waals surface area contributed by atoms with Crippen molar-refractivity contribution in [2.45, 2.75) is 24.6 Å². The first-order chi connectivity index (χ1) is 6.14. The average Bonchev–Trinajstić information content (AvgIpc) is 2.57. The van der Waals surface area contributed by atoms with Gasteiger partial charge in [-0.15, -0.1) is 0 Å². The Hall–Kier alpha value is -0.600. The predicted molar refractivity (Wildman–Crippen MR) is 54.6 cm³/mol. The minimum Gasteiger partial charge on any atom is -0.216 e. The summed E-state index contributed by atoms with van der Waals surface area (Å²) in [5, 5.41) is 8.77. The monoisotopic (exact) mass is 213 g/mol. The summed E-state index contributed by atoms with van der Waals surface area (Å²) in [4.78, 5) is 4.05. The van der Waals surface area contributed by atoms with Crippen molar-refractivity contribution in [3.63, 3.8) is 0 Å². The fourth-order valence-electron chi connectivity index (χ4n) is 0.676. The van der Waals surface area contributed by atoms with Crippen molar-refractivity contribution >= 4 is 23.3 Å². The van der Waals surface area contributed by atoms with Gasteiger partial charge in [0, 0.05) is 5.75 Å². The molecule has 0 fully saturated rings. The lowest BCUT2D eigenvalue weighted by molar-refractivity contribution is 0.482. The molecule has 1 aromatic rings. The zero-order valence-corrected chi connectivity index (χ0v) is 9.28. The van der Waals surface area contributed by atoms with E-state index < -0.39 is 0 Å². The Kier molecular flexibility index (Phi) is 3.70. The lowest BCUT2D eigenvalue weighted by Gasteiger charge is -2.12. The van der Waals surface area contributed by atoms with Gasteiger partial charge in [0.2, 0.25) is 0 Å². The van der Waals surface area contributed by atoms with Gasteiger partial charge in [-0.25, -0.2) is 4.98 Å². The fraction of sp³-hybridized carbons (Fsp3) is 0.625. The maximum atomic E-state index is 8.77. The summed E-state index contributed by atoms with van der Waals surface area (Å²) in [7, 11) is 0. The van der Waals surface area contributed by atoms with Crippen LogP contribution in [0.1, 0.15) is 20.3 Å². The van der Waals surface area contributed by atoms with Crippen molar-refractivity contribution in [1.82, 2.24) is 9.36 Å². The number of rotatable bonds is 4. The molecule has 1 rings (SSSR count). The van der Waals surface area contributed by atoms with E-state index in [4.69, 9.17) is 5.26 Å². The van der Waals surface area contributed by atoms with Crippen LogP contribution in [0.2, 0.25) is 0 Å². The SMILES string of the molecule is CC(C)(C#N)CCSc1ncns1. The van der Waals surface area contributed by atoms with Gasteiger partial charge < -0.3 is 0 Å². The van der Waals surface area contributed by atoms with E-state index in [1.165, 1.54) is 11.5 Å². The summed E-state index contributed by atoms with van der Waals surface area (Å²) in [5.74, 6) is 0.926. The fourth-order valence-corrected chi connectivity index (χ4v) is 2.45. The van der Waals surface area contributed by atoms with Gasteiger partial charge in [-0.2, -0.15) is 9.64 Å². The van der Waals surface area contributed by atoms with Crippen LogP contribution in [0.15, 0.2) is 10.7 Å². The summed E-state index contributed by atoms with van der Waals surface area (Å²) in [6.45, 7) is 3.90. The maximum absolute atomic E-state index is 8.77. The number of nitrogens with zero attached hydrogens (tertiary/aromatic N) is 3. The summed E-state index contributed by atoms with van der Waals surface area (Å²) in [6.07, 6.45) is 2.44. The Morgan fingerprint density at radius 3 is 3.00 bits per heavy atom. The van der Waals surface area contributed by atoms with E-state index in [9.17, 15) is 0 Å². The van der Waals surface area contributed by atoms with E-state index in [-0.39, 0.29) is 5.41 Å². The molecule has 0 N–H and O–H groups in total. The number of aromatic nitrogens is 2. The molecule has 0 bridgehead atoms. The van der Waals surface area contributed by atoms with E-state index in [1.807, 2.05) is 13.8 Å². The van der Waals surface area contributed by atoms with Gasteiger partial charge in [-0.1, -0.05) is 11.8 Å². The lowest BCUT2D eigenvalue weighted by atomic mass is 9.93. The van der Waals surface area contributed by atoms with Gasteiger partial charge in [0.05, 0.1) is 11.5 Å². The number of hydrogen-bond donors (Lipinski definition) is 0. The Balaban J connectivity index is 2.26. The molecule has 5 heteroatoms. The van der Waals surface area contributed by atoms with Crippen molar-refractivity contribution in [3.8, 4) is 6.07 Å². The highest BCUT2D eigenvalue weighted by molar-refractivity contribution is 8.00. The van der Waals surface area contributed by atoms with Gasteiger partial charge >= 0.3 is 0 Å². The van der Waals surface area contributed by atoms with Gasteiger partial charge in [-0.3, -0.25) is 0 Å². The molecule has 0 saturated carbocycles. The van der Waals surface area contributed by atoms with E-state index >= 15 is 0 Å². The molecule has 13 heavy (non-hydrogen) atoms. The molecule has 0 atom stereocenters. The number of nitriles is 1. The minimum absolute atomic E-state index is 0.225. The van der Waals surface area contributed by atoms with Crippen molar-refractivity contribution < 1.29 is 0 Å². The summed E-state index contributed by atoms with van der Waals surface area (Å²) in [5.41, 5.74) is -0.225. The highest BCUT2D eigenvalue weighted by atomic mass is 32.2. The first kappa shape index (κ1) is 10.5. The van der Waals surface area contributed by atoms with Crippen LogP contribution in [0.3, 0.4) is 0 Å². The van der Waals surface area contributed by atoms with Crippen molar-refractivity contribution in [1.29, 1.82) is 5.26 Å². The van der Waals surface area contributed by atoms with Crippen molar-refractivity contribution in [2.75, 3.05) is 5.75 Å². The van der Waals surface area contributed by atoms with Crippen LogP contribution in [0.25, 0.3) is 0 Å². The van der Waals surface area contributed by atoms with Crippen LogP contribution < -0.4 is 0 Å². The van der Waals surface area contributed by atoms with Gasteiger partial charge in [-0.05, 0) is 31.8 Å². The van der Waals surface area contributed by atoms with Crippen LogP contribution >= 0.6 is 23.3 Å². The van der Waals surface area contributed by atoms with Crippen molar-refractivity contribution in [3.05, 3.63) is 6.33 Å². The molecule has 1 heterocycles.